The molecular formula is C17H15N3O2S. The molecule has 6 heteroatoms. The Kier molecular flexibility index (Phi) is 4.34. The van der Waals surface area contributed by atoms with Crippen molar-refractivity contribution < 1.29 is 9.90 Å². The first kappa shape index (κ1) is 15.2. The van der Waals surface area contributed by atoms with Crippen LogP contribution >= 0.6 is 11.8 Å². The minimum Gasteiger partial charge on any atom is -0.507 e. The zero-order chi connectivity index (χ0) is 16.2. The molecule has 23 heavy (non-hydrogen) atoms. The number of imidazole rings is 1. The number of nitrogens with one attached hydrogen (secondary N) is 1. The summed E-state index contributed by atoms with van der Waals surface area (Å²) in [5, 5.41) is 13.4. The number of carbonyl (C=O) groups is 1. The molecule has 0 aliphatic heterocycles. The number of carbonyl (C=O) groups excluding carboxylic acids is 1. The lowest BCUT2D eigenvalue weighted by Gasteiger charge is -2.07. The fourth-order valence-corrected chi connectivity index (χ4v) is 2.83. The third-order valence-electron chi connectivity index (χ3n) is 3.25. The Labute approximate surface area is 138 Å². The van der Waals surface area contributed by atoms with Gasteiger partial charge in [-0.25, -0.2) is 4.98 Å². The minimum atomic E-state index is -0.340. The van der Waals surface area contributed by atoms with Gasteiger partial charge in [-0.1, -0.05) is 23.9 Å². The van der Waals surface area contributed by atoms with E-state index in [0.717, 1.165) is 10.1 Å². The molecule has 1 heterocycles. The molecule has 0 radical (unpaired) electrons. The number of phenols is 1. The average molecular weight is 325 g/mol. The second kappa shape index (κ2) is 6.58. The second-order valence-electron chi connectivity index (χ2n) is 4.92. The van der Waals surface area contributed by atoms with E-state index in [2.05, 4.69) is 10.3 Å². The summed E-state index contributed by atoms with van der Waals surface area (Å²) in [5.74, 6) is -0.375. The minimum absolute atomic E-state index is 0.0352. The van der Waals surface area contributed by atoms with E-state index >= 15 is 0 Å². The number of para-hydroxylation sites is 1. The molecule has 116 valence electrons. The van der Waals surface area contributed by atoms with Gasteiger partial charge in [-0.3, -0.25) is 4.79 Å². The number of amides is 1. The normalized spacial score (nSPS) is 10.5. The van der Waals surface area contributed by atoms with E-state index in [-0.39, 0.29) is 17.2 Å². The molecule has 5 nitrogen and oxygen atoms in total. The van der Waals surface area contributed by atoms with Crippen molar-refractivity contribution in [2.24, 2.45) is 7.05 Å². The number of aryl methyl sites for hydroxylation is 1. The smallest absolute Gasteiger partial charge is 0.259 e. The third-order valence-corrected chi connectivity index (χ3v) is 4.33. The van der Waals surface area contributed by atoms with Gasteiger partial charge in [0.05, 0.1) is 5.56 Å². The molecule has 1 amide bonds. The third kappa shape index (κ3) is 3.54. The van der Waals surface area contributed by atoms with Gasteiger partial charge in [0.2, 0.25) is 0 Å². The van der Waals surface area contributed by atoms with Crippen molar-refractivity contribution in [2.45, 2.75) is 10.1 Å². The first-order chi connectivity index (χ1) is 11.1. The van der Waals surface area contributed by atoms with Crippen LogP contribution in [0.4, 0.5) is 5.69 Å². The first-order valence-corrected chi connectivity index (χ1v) is 7.80. The summed E-state index contributed by atoms with van der Waals surface area (Å²) < 4.78 is 1.94. The van der Waals surface area contributed by atoms with Crippen molar-refractivity contribution in [1.82, 2.24) is 9.55 Å². The molecule has 0 saturated heterocycles. The molecular weight excluding hydrogens is 310 g/mol. The van der Waals surface area contributed by atoms with Gasteiger partial charge >= 0.3 is 0 Å². The van der Waals surface area contributed by atoms with Gasteiger partial charge in [-0.15, -0.1) is 0 Å². The molecule has 0 unspecified atom stereocenters. The Morgan fingerprint density at radius 2 is 1.91 bits per heavy atom. The van der Waals surface area contributed by atoms with Crippen molar-refractivity contribution in [3.05, 3.63) is 66.5 Å². The van der Waals surface area contributed by atoms with Gasteiger partial charge < -0.3 is 15.0 Å². The number of hydrogen-bond acceptors (Lipinski definition) is 4. The predicted molar refractivity (Wildman–Crippen MR) is 89.8 cm³/mol. The van der Waals surface area contributed by atoms with Gasteiger partial charge in [-0.2, -0.15) is 0 Å². The van der Waals surface area contributed by atoms with E-state index in [4.69, 9.17) is 0 Å². The summed E-state index contributed by atoms with van der Waals surface area (Å²) in [6, 6.07) is 13.9. The van der Waals surface area contributed by atoms with Crippen molar-refractivity contribution in [3.8, 4) is 5.75 Å². The van der Waals surface area contributed by atoms with Gasteiger partial charge in [0.15, 0.2) is 5.16 Å². The molecule has 0 saturated carbocycles. The fraction of sp³-hybridized carbons (Fsp3) is 0.0588. The van der Waals surface area contributed by atoms with Crippen LogP contribution in [0.15, 0.2) is 71.0 Å². The van der Waals surface area contributed by atoms with Crippen molar-refractivity contribution in [2.75, 3.05) is 5.32 Å². The predicted octanol–water partition coefficient (Wildman–Crippen LogP) is 3.53. The quantitative estimate of drug-likeness (QED) is 0.770. The number of phenolic OH excluding ortho intramolecular Hbond substituents is 1. The zero-order valence-electron chi connectivity index (χ0n) is 12.4. The van der Waals surface area contributed by atoms with E-state index in [9.17, 15) is 9.90 Å². The lowest BCUT2D eigenvalue weighted by Crippen LogP contribution is -2.11. The monoisotopic (exact) mass is 325 g/mol. The van der Waals surface area contributed by atoms with E-state index in [1.165, 1.54) is 6.07 Å². The lowest BCUT2D eigenvalue weighted by atomic mass is 10.2. The summed E-state index contributed by atoms with van der Waals surface area (Å²) >= 11 is 1.55. The number of rotatable bonds is 4. The van der Waals surface area contributed by atoms with Crippen LogP contribution in [0.1, 0.15) is 10.4 Å². The Balaban J connectivity index is 1.69. The molecule has 2 N–H and O–H groups in total. The molecule has 0 aliphatic carbocycles. The van der Waals surface area contributed by atoms with Crippen LogP contribution < -0.4 is 5.32 Å². The van der Waals surface area contributed by atoms with Crippen molar-refractivity contribution in [1.29, 1.82) is 0 Å². The topological polar surface area (TPSA) is 67.2 Å². The number of hydrogen-bond donors (Lipinski definition) is 2. The summed E-state index contributed by atoms with van der Waals surface area (Å²) in [7, 11) is 1.94. The first-order valence-electron chi connectivity index (χ1n) is 6.98. The Hall–Kier alpha value is -2.73. The summed E-state index contributed by atoms with van der Waals surface area (Å²) in [5.41, 5.74) is 0.918. The fourth-order valence-electron chi connectivity index (χ4n) is 2.03. The van der Waals surface area contributed by atoms with Crippen molar-refractivity contribution in [3.63, 3.8) is 0 Å². The second-order valence-corrected chi connectivity index (χ2v) is 5.96. The van der Waals surface area contributed by atoms with Gasteiger partial charge in [-0.05, 0) is 36.4 Å². The Morgan fingerprint density at radius 1 is 1.17 bits per heavy atom. The van der Waals surface area contributed by atoms with E-state index in [1.807, 2.05) is 42.1 Å². The van der Waals surface area contributed by atoms with Crippen LogP contribution in [0.25, 0.3) is 0 Å². The highest BCUT2D eigenvalue weighted by Gasteiger charge is 2.10. The molecule has 2 aromatic carbocycles. The summed E-state index contributed by atoms with van der Waals surface area (Å²) in [4.78, 5) is 17.4. The maximum Gasteiger partial charge on any atom is 0.259 e. The maximum atomic E-state index is 12.1. The summed E-state index contributed by atoms with van der Waals surface area (Å²) in [6.07, 6.45) is 3.65. The van der Waals surface area contributed by atoms with Crippen LogP contribution in [0.5, 0.6) is 5.75 Å². The number of aromatic nitrogens is 2. The zero-order valence-corrected chi connectivity index (χ0v) is 13.2. The number of anilines is 1. The molecule has 0 aliphatic rings. The number of benzene rings is 2. The SMILES string of the molecule is Cn1ccnc1Sc1ccc(NC(=O)c2ccccc2O)cc1. The van der Waals surface area contributed by atoms with Gasteiger partial charge in [0.1, 0.15) is 5.75 Å². The largest absolute Gasteiger partial charge is 0.507 e. The molecule has 0 atom stereocenters. The summed E-state index contributed by atoms with van der Waals surface area (Å²) in [6.45, 7) is 0. The van der Waals surface area contributed by atoms with Gasteiger partial charge in [0.25, 0.3) is 5.91 Å². The number of aromatic hydroxyl groups is 1. The molecule has 3 rings (SSSR count). The standard InChI is InChI=1S/C17H15N3O2S/c1-20-11-10-18-17(20)23-13-8-6-12(7-9-13)19-16(22)14-4-2-3-5-15(14)21/h2-11,21H,1H3,(H,19,22). The van der Waals surface area contributed by atoms with E-state index in [0.29, 0.717) is 5.69 Å². The highest BCUT2D eigenvalue weighted by Crippen LogP contribution is 2.27. The van der Waals surface area contributed by atoms with Crippen LogP contribution in [-0.2, 0) is 7.05 Å². The number of nitrogens with zero attached hydrogens (tertiary/aromatic N) is 2. The van der Waals surface area contributed by atoms with Crippen LogP contribution in [-0.4, -0.2) is 20.6 Å². The molecule has 0 fully saturated rings. The molecule has 0 bridgehead atoms. The lowest BCUT2D eigenvalue weighted by molar-refractivity contribution is 0.102. The van der Waals surface area contributed by atoms with Crippen molar-refractivity contribution >= 4 is 23.4 Å². The maximum absolute atomic E-state index is 12.1. The van der Waals surface area contributed by atoms with E-state index < -0.39 is 0 Å². The van der Waals surface area contributed by atoms with Gasteiger partial charge in [0, 0.05) is 30.0 Å². The molecule has 3 aromatic rings. The van der Waals surface area contributed by atoms with Crippen LogP contribution in [0.3, 0.4) is 0 Å². The van der Waals surface area contributed by atoms with Crippen LogP contribution in [0.2, 0.25) is 0 Å². The highest BCUT2D eigenvalue weighted by atomic mass is 32.2. The Morgan fingerprint density at radius 3 is 2.57 bits per heavy atom. The highest BCUT2D eigenvalue weighted by molar-refractivity contribution is 7.99. The average Bonchev–Trinajstić information content (AvgIpc) is 2.95. The molecule has 1 aromatic heterocycles. The van der Waals surface area contributed by atoms with E-state index in [1.54, 1.807) is 36.2 Å². The molecule has 0 spiro atoms. The Bertz CT molecular complexity index is 828. The van der Waals surface area contributed by atoms with Crippen LogP contribution in [0, 0.1) is 0 Å².